The van der Waals surface area contributed by atoms with Gasteiger partial charge in [0.05, 0.1) is 12.6 Å². The predicted molar refractivity (Wildman–Crippen MR) is 121 cm³/mol. The van der Waals surface area contributed by atoms with E-state index in [1.165, 1.54) is 0 Å². The van der Waals surface area contributed by atoms with Crippen LogP contribution in [0.1, 0.15) is 23.0 Å². The predicted octanol–water partition coefficient (Wildman–Crippen LogP) is 4.73. The monoisotopic (exact) mass is 416 g/mol. The van der Waals surface area contributed by atoms with Gasteiger partial charge in [-0.2, -0.15) is 15.0 Å². The van der Waals surface area contributed by atoms with Gasteiger partial charge in [0.25, 0.3) is 0 Å². The average Bonchev–Trinajstić information content (AvgIpc) is 2.76. The highest BCUT2D eigenvalue weighted by molar-refractivity contribution is 6.30. The Morgan fingerprint density at radius 1 is 0.767 bits per heavy atom. The van der Waals surface area contributed by atoms with Crippen LogP contribution in [0.25, 0.3) is 0 Å². The van der Waals surface area contributed by atoms with Crippen molar-refractivity contribution in [3.05, 3.63) is 107 Å². The molecule has 1 unspecified atom stereocenters. The van der Waals surface area contributed by atoms with Crippen LogP contribution < -0.4 is 16.4 Å². The second-order valence-electron chi connectivity index (χ2n) is 6.70. The molecule has 1 atom stereocenters. The van der Waals surface area contributed by atoms with Crippen LogP contribution in [0.4, 0.5) is 17.6 Å². The van der Waals surface area contributed by atoms with Crippen molar-refractivity contribution in [2.24, 2.45) is 0 Å². The first-order valence-electron chi connectivity index (χ1n) is 9.54. The fraction of sp³-hybridized carbons (Fsp3) is 0.0870. The number of halogens is 1. The Hall–Kier alpha value is -3.48. The van der Waals surface area contributed by atoms with E-state index in [0.717, 1.165) is 16.8 Å². The largest absolute Gasteiger partial charge is 0.368 e. The van der Waals surface area contributed by atoms with Gasteiger partial charge >= 0.3 is 0 Å². The van der Waals surface area contributed by atoms with Crippen molar-refractivity contribution >= 4 is 29.2 Å². The molecule has 0 radical (unpaired) electrons. The number of benzene rings is 3. The highest BCUT2D eigenvalue weighted by Gasteiger charge is 2.15. The molecule has 0 bridgehead atoms. The normalized spacial score (nSPS) is 11.8. The van der Waals surface area contributed by atoms with Crippen LogP contribution in [0.15, 0.2) is 84.9 Å². The van der Waals surface area contributed by atoms with Crippen LogP contribution in [0, 0.1) is 0 Å². The Balaban J connectivity index is 1.55. The summed E-state index contributed by atoms with van der Waals surface area (Å²) in [6, 6.07) is 27.6. The topological polar surface area (TPSA) is 88.8 Å². The molecule has 0 aliphatic rings. The smallest absolute Gasteiger partial charge is 0.232 e. The highest BCUT2D eigenvalue weighted by atomic mass is 35.5. The molecule has 1 aromatic heterocycles. The van der Waals surface area contributed by atoms with E-state index in [2.05, 4.69) is 37.7 Å². The number of rotatable bonds is 7. The van der Waals surface area contributed by atoms with Crippen molar-refractivity contribution in [2.75, 3.05) is 11.1 Å². The summed E-state index contributed by atoms with van der Waals surface area (Å²) in [5.41, 5.74) is 9.02. The third-order valence-electron chi connectivity index (χ3n) is 4.53. The van der Waals surface area contributed by atoms with Gasteiger partial charge in [-0.25, -0.2) is 0 Å². The first-order valence-corrected chi connectivity index (χ1v) is 9.91. The van der Waals surface area contributed by atoms with Crippen LogP contribution >= 0.6 is 11.6 Å². The highest BCUT2D eigenvalue weighted by Crippen LogP contribution is 2.24. The number of nitrogens with zero attached hydrogens (tertiary/aromatic N) is 3. The minimum atomic E-state index is -0.0491. The second kappa shape index (κ2) is 9.35. The van der Waals surface area contributed by atoms with Gasteiger partial charge in [-0.1, -0.05) is 72.3 Å². The first kappa shape index (κ1) is 19.8. The van der Waals surface area contributed by atoms with Crippen molar-refractivity contribution in [1.82, 2.24) is 20.3 Å². The van der Waals surface area contributed by atoms with E-state index in [-0.39, 0.29) is 12.0 Å². The molecule has 0 amide bonds. The zero-order valence-electron chi connectivity index (χ0n) is 16.2. The van der Waals surface area contributed by atoms with Gasteiger partial charge in [-0.15, -0.1) is 0 Å². The van der Waals surface area contributed by atoms with Gasteiger partial charge in [0.1, 0.15) is 5.82 Å². The molecule has 150 valence electrons. The van der Waals surface area contributed by atoms with Gasteiger partial charge in [-0.3, -0.25) is 5.32 Å². The number of nitrogens with one attached hydrogen (secondary N) is 2. The molecule has 1 heterocycles. The van der Waals surface area contributed by atoms with Crippen molar-refractivity contribution in [1.29, 1.82) is 0 Å². The minimum absolute atomic E-state index is 0.0491. The van der Waals surface area contributed by atoms with E-state index in [1.807, 2.05) is 72.8 Å². The fourth-order valence-electron chi connectivity index (χ4n) is 3.15. The maximum absolute atomic E-state index is 6.07. The Labute approximate surface area is 180 Å². The molecule has 0 aliphatic carbocycles. The number of aromatic nitrogens is 3. The van der Waals surface area contributed by atoms with Crippen molar-refractivity contribution in [3.8, 4) is 0 Å². The lowest BCUT2D eigenvalue weighted by Crippen LogP contribution is -2.23. The Morgan fingerprint density at radius 3 is 2.10 bits per heavy atom. The van der Waals surface area contributed by atoms with Crippen molar-refractivity contribution in [2.45, 2.75) is 12.6 Å². The lowest BCUT2D eigenvalue weighted by molar-refractivity contribution is 0.586. The minimum Gasteiger partial charge on any atom is -0.368 e. The molecule has 30 heavy (non-hydrogen) atoms. The van der Waals surface area contributed by atoms with Crippen LogP contribution in [-0.2, 0) is 6.54 Å². The fourth-order valence-corrected chi connectivity index (χ4v) is 3.27. The summed E-state index contributed by atoms with van der Waals surface area (Å²) in [5, 5.41) is 7.39. The molecular formula is C23H21ClN6. The number of nitrogen functional groups attached to an aromatic ring is 1. The van der Waals surface area contributed by atoms with Gasteiger partial charge in [0.15, 0.2) is 0 Å². The number of anilines is 3. The van der Waals surface area contributed by atoms with Crippen molar-refractivity contribution < 1.29 is 0 Å². The summed E-state index contributed by atoms with van der Waals surface area (Å²) in [5.74, 6) is 1.13. The van der Waals surface area contributed by atoms with Gasteiger partial charge in [0.2, 0.25) is 11.9 Å². The molecule has 7 heteroatoms. The summed E-state index contributed by atoms with van der Waals surface area (Å²) in [4.78, 5) is 13.0. The van der Waals surface area contributed by atoms with Gasteiger partial charge < -0.3 is 11.1 Å². The third kappa shape index (κ3) is 5.11. The van der Waals surface area contributed by atoms with E-state index < -0.39 is 0 Å². The summed E-state index contributed by atoms with van der Waals surface area (Å²) in [6.07, 6.45) is 0. The maximum atomic E-state index is 6.07. The summed E-state index contributed by atoms with van der Waals surface area (Å²) >= 11 is 6.07. The SMILES string of the molecule is Nc1nc(CNC(c2ccccc2)c2ccc(Cl)cc2)nc(Nc2ccccc2)n1. The van der Waals surface area contributed by atoms with Crippen LogP contribution in [0.2, 0.25) is 5.02 Å². The molecule has 0 saturated carbocycles. The van der Waals surface area contributed by atoms with E-state index in [1.54, 1.807) is 0 Å². The van der Waals surface area contributed by atoms with E-state index in [9.17, 15) is 0 Å². The molecule has 0 fully saturated rings. The number of para-hydroxylation sites is 1. The molecule has 6 nitrogen and oxygen atoms in total. The average molecular weight is 417 g/mol. The Kier molecular flexibility index (Phi) is 6.17. The van der Waals surface area contributed by atoms with Crippen LogP contribution in [0.5, 0.6) is 0 Å². The van der Waals surface area contributed by atoms with E-state index >= 15 is 0 Å². The zero-order valence-corrected chi connectivity index (χ0v) is 16.9. The molecule has 4 N–H and O–H groups in total. The molecule has 4 aromatic rings. The molecule has 0 saturated heterocycles. The summed E-state index contributed by atoms with van der Waals surface area (Å²) in [7, 11) is 0. The molecular weight excluding hydrogens is 396 g/mol. The van der Waals surface area contributed by atoms with Crippen LogP contribution in [0.3, 0.4) is 0 Å². The zero-order chi connectivity index (χ0) is 20.8. The van der Waals surface area contributed by atoms with Crippen molar-refractivity contribution in [3.63, 3.8) is 0 Å². The van der Waals surface area contributed by atoms with E-state index in [4.69, 9.17) is 17.3 Å². The first-order chi connectivity index (χ1) is 14.7. The maximum Gasteiger partial charge on any atom is 0.232 e. The molecule has 0 aliphatic heterocycles. The standard InChI is InChI=1S/C23H21ClN6/c24-18-13-11-17(12-14-18)21(16-7-3-1-4-8-16)26-15-20-28-22(25)30-23(29-20)27-19-9-5-2-6-10-19/h1-14,21,26H,15H2,(H3,25,27,28,29,30). The number of nitrogens with two attached hydrogens (primary N) is 1. The third-order valence-corrected chi connectivity index (χ3v) is 4.78. The molecule has 4 rings (SSSR count). The summed E-state index contributed by atoms with van der Waals surface area (Å²) < 4.78 is 0. The molecule has 0 spiro atoms. The lowest BCUT2D eigenvalue weighted by atomic mass is 9.99. The number of hydrogen-bond acceptors (Lipinski definition) is 6. The lowest BCUT2D eigenvalue weighted by Gasteiger charge is -2.20. The van der Waals surface area contributed by atoms with E-state index in [0.29, 0.717) is 23.3 Å². The quantitative estimate of drug-likeness (QED) is 0.403. The van der Waals surface area contributed by atoms with Gasteiger partial charge in [0, 0.05) is 10.7 Å². The van der Waals surface area contributed by atoms with Crippen LogP contribution in [-0.4, -0.2) is 15.0 Å². The Bertz CT molecular complexity index is 1090. The van der Waals surface area contributed by atoms with Gasteiger partial charge in [-0.05, 0) is 35.4 Å². The second-order valence-corrected chi connectivity index (χ2v) is 7.14. The molecule has 3 aromatic carbocycles. The Morgan fingerprint density at radius 2 is 1.40 bits per heavy atom. The summed E-state index contributed by atoms with van der Waals surface area (Å²) in [6.45, 7) is 0.415. The number of hydrogen-bond donors (Lipinski definition) is 3.